The van der Waals surface area contributed by atoms with Gasteiger partial charge < -0.3 is 0 Å². The van der Waals surface area contributed by atoms with Crippen molar-refractivity contribution >= 4 is 0 Å². The second kappa shape index (κ2) is 4.40. The van der Waals surface area contributed by atoms with E-state index in [1.807, 2.05) is 0 Å². The van der Waals surface area contributed by atoms with Crippen LogP contribution in [0.3, 0.4) is 0 Å². The third-order valence-corrected chi connectivity index (χ3v) is 2.73. The Morgan fingerprint density at radius 2 is 1.31 bits per heavy atom. The fraction of sp³-hybridized carbons (Fsp3) is 0.583. The summed E-state index contributed by atoms with van der Waals surface area (Å²) in [7, 11) is 0. The van der Waals surface area contributed by atoms with Gasteiger partial charge in [0, 0.05) is 11.4 Å². The number of hydrogen-bond acceptors (Lipinski definition) is 1. The maximum Gasteiger partial charge on any atom is 0.0406 e. The van der Waals surface area contributed by atoms with Gasteiger partial charge in [-0.3, -0.25) is 4.98 Å². The van der Waals surface area contributed by atoms with Crippen molar-refractivity contribution < 1.29 is 0 Å². The van der Waals surface area contributed by atoms with Gasteiger partial charge in [0.25, 0.3) is 0 Å². The molecule has 0 atom stereocenters. The predicted molar refractivity (Wildman–Crippen MR) is 54.7 cm³/mol. The first kappa shape index (κ1) is 8.74. The van der Waals surface area contributed by atoms with Gasteiger partial charge in [-0.1, -0.05) is 25.3 Å². The number of hydrogen-bond donors (Lipinski definition) is 0. The van der Waals surface area contributed by atoms with Crippen LogP contribution in [0.4, 0.5) is 0 Å². The van der Waals surface area contributed by atoms with Crippen LogP contribution in [0, 0.1) is 0 Å². The van der Waals surface area contributed by atoms with E-state index in [4.69, 9.17) is 0 Å². The Morgan fingerprint density at radius 3 is 1.92 bits per heavy atom. The molecule has 2 heterocycles. The molecule has 0 radical (unpaired) electrons. The maximum atomic E-state index is 4.63. The van der Waals surface area contributed by atoms with Crippen LogP contribution in [0.5, 0.6) is 0 Å². The summed E-state index contributed by atoms with van der Waals surface area (Å²) < 4.78 is 0. The van der Waals surface area contributed by atoms with E-state index >= 15 is 0 Å². The van der Waals surface area contributed by atoms with E-state index in [1.165, 1.54) is 56.3 Å². The minimum absolute atomic E-state index is 1.17. The lowest BCUT2D eigenvalue weighted by Crippen LogP contribution is -1.98. The Morgan fingerprint density at radius 1 is 0.769 bits per heavy atom. The van der Waals surface area contributed by atoms with Crippen LogP contribution >= 0.6 is 0 Å². The first-order valence-corrected chi connectivity index (χ1v) is 5.40. The van der Waals surface area contributed by atoms with Crippen LogP contribution in [-0.4, -0.2) is 4.98 Å². The van der Waals surface area contributed by atoms with Crippen molar-refractivity contribution in [2.75, 3.05) is 0 Å². The van der Waals surface area contributed by atoms with Gasteiger partial charge in [0.1, 0.15) is 0 Å². The minimum Gasteiger partial charge on any atom is -0.258 e. The van der Waals surface area contributed by atoms with Crippen LogP contribution in [0.2, 0.25) is 0 Å². The van der Waals surface area contributed by atoms with Gasteiger partial charge in [-0.2, -0.15) is 0 Å². The van der Waals surface area contributed by atoms with Crippen molar-refractivity contribution in [3.8, 4) is 0 Å². The number of pyridine rings is 1. The van der Waals surface area contributed by atoms with Gasteiger partial charge >= 0.3 is 0 Å². The smallest absolute Gasteiger partial charge is 0.0406 e. The van der Waals surface area contributed by atoms with Crippen LogP contribution in [0.15, 0.2) is 18.2 Å². The molecular formula is C12H17N. The Hall–Kier alpha value is -0.850. The average Bonchev–Trinajstić information content (AvgIpc) is 2.17. The maximum absolute atomic E-state index is 4.63. The number of fused-ring (bicyclic) bond motifs is 2. The molecule has 1 aromatic heterocycles. The summed E-state index contributed by atoms with van der Waals surface area (Å²) in [6.45, 7) is 0. The topological polar surface area (TPSA) is 12.9 Å². The zero-order valence-electron chi connectivity index (χ0n) is 8.13. The van der Waals surface area contributed by atoms with Crippen molar-refractivity contribution in [1.82, 2.24) is 4.98 Å². The quantitative estimate of drug-likeness (QED) is 0.590. The van der Waals surface area contributed by atoms with Crippen LogP contribution in [0.1, 0.15) is 43.5 Å². The molecule has 0 spiro atoms. The van der Waals surface area contributed by atoms with E-state index in [0.29, 0.717) is 0 Å². The highest BCUT2D eigenvalue weighted by molar-refractivity contribution is 5.11. The zero-order valence-corrected chi connectivity index (χ0v) is 8.13. The third kappa shape index (κ3) is 2.55. The molecule has 2 rings (SSSR count). The fourth-order valence-electron chi connectivity index (χ4n) is 1.95. The van der Waals surface area contributed by atoms with Gasteiger partial charge in [0.05, 0.1) is 0 Å². The highest BCUT2D eigenvalue weighted by atomic mass is 14.7. The number of aromatic nitrogens is 1. The van der Waals surface area contributed by atoms with Crippen LogP contribution < -0.4 is 0 Å². The van der Waals surface area contributed by atoms with Gasteiger partial charge in [-0.25, -0.2) is 0 Å². The standard InChI is InChI=1S/C12H17N/c1-2-4-7-11-9-6-10-12(13-11)8-5-3-1/h6,9-10H,1-5,7-8H2. The van der Waals surface area contributed by atoms with Crippen molar-refractivity contribution in [3.05, 3.63) is 29.6 Å². The van der Waals surface area contributed by atoms with E-state index in [-0.39, 0.29) is 0 Å². The fourth-order valence-corrected chi connectivity index (χ4v) is 1.95. The Labute approximate surface area is 80.2 Å². The molecule has 0 N–H and O–H groups in total. The monoisotopic (exact) mass is 175 g/mol. The second-order valence-corrected chi connectivity index (χ2v) is 3.89. The molecule has 0 saturated heterocycles. The third-order valence-electron chi connectivity index (χ3n) is 2.73. The summed E-state index contributed by atoms with van der Waals surface area (Å²) in [4.78, 5) is 4.63. The summed E-state index contributed by atoms with van der Waals surface area (Å²) in [5, 5.41) is 0. The number of nitrogens with zero attached hydrogens (tertiary/aromatic N) is 1. The Bertz CT molecular complexity index is 244. The van der Waals surface area contributed by atoms with Crippen molar-refractivity contribution in [2.24, 2.45) is 0 Å². The number of rotatable bonds is 0. The molecule has 0 amide bonds. The molecule has 0 saturated carbocycles. The largest absolute Gasteiger partial charge is 0.258 e. The van der Waals surface area contributed by atoms with Gasteiger partial charge in [-0.15, -0.1) is 0 Å². The van der Waals surface area contributed by atoms with Crippen LogP contribution in [0.25, 0.3) is 0 Å². The van der Waals surface area contributed by atoms with Gasteiger partial charge in [-0.05, 0) is 37.8 Å². The van der Waals surface area contributed by atoms with E-state index in [9.17, 15) is 0 Å². The minimum atomic E-state index is 1.17. The Balaban J connectivity index is 2.13. The lowest BCUT2D eigenvalue weighted by atomic mass is 10.0. The normalized spacial score (nSPS) is 18.2. The molecule has 2 bridgehead atoms. The lowest BCUT2D eigenvalue weighted by molar-refractivity contribution is 0.595. The van der Waals surface area contributed by atoms with E-state index in [1.54, 1.807) is 0 Å². The van der Waals surface area contributed by atoms with Gasteiger partial charge in [0.15, 0.2) is 0 Å². The molecule has 1 nitrogen and oxygen atoms in total. The highest BCUT2D eigenvalue weighted by Gasteiger charge is 2.01. The average molecular weight is 175 g/mol. The predicted octanol–water partition coefficient (Wildman–Crippen LogP) is 3.13. The summed E-state index contributed by atoms with van der Waals surface area (Å²) in [6.07, 6.45) is 9.15. The van der Waals surface area contributed by atoms with Gasteiger partial charge in [0.2, 0.25) is 0 Å². The van der Waals surface area contributed by atoms with Crippen LogP contribution in [-0.2, 0) is 12.8 Å². The SMILES string of the molecule is c1cc2nc(c1)CCCCCCC2. The Kier molecular flexibility index (Phi) is 2.96. The molecule has 1 aliphatic rings. The molecule has 0 aliphatic carbocycles. The first-order valence-electron chi connectivity index (χ1n) is 5.40. The summed E-state index contributed by atoms with van der Waals surface area (Å²) in [6, 6.07) is 6.47. The first-order chi connectivity index (χ1) is 6.45. The van der Waals surface area contributed by atoms with Crippen molar-refractivity contribution in [1.29, 1.82) is 0 Å². The van der Waals surface area contributed by atoms with Crippen molar-refractivity contribution in [2.45, 2.75) is 44.9 Å². The molecule has 0 aromatic carbocycles. The molecule has 0 unspecified atom stereocenters. The molecule has 13 heavy (non-hydrogen) atoms. The van der Waals surface area contributed by atoms with E-state index in [2.05, 4.69) is 23.2 Å². The summed E-state index contributed by atoms with van der Waals surface area (Å²) in [5.74, 6) is 0. The second-order valence-electron chi connectivity index (χ2n) is 3.89. The summed E-state index contributed by atoms with van der Waals surface area (Å²) in [5.41, 5.74) is 2.58. The van der Waals surface area contributed by atoms with E-state index < -0.39 is 0 Å². The highest BCUT2D eigenvalue weighted by Crippen LogP contribution is 2.13. The molecule has 1 aromatic rings. The van der Waals surface area contributed by atoms with E-state index in [0.717, 1.165) is 0 Å². The zero-order chi connectivity index (χ0) is 8.93. The molecule has 0 fully saturated rings. The molecule has 70 valence electrons. The molecular weight excluding hydrogens is 158 g/mol. The molecule has 1 aliphatic heterocycles. The number of aryl methyl sites for hydroxylation is 2. The summed E-state index contributed by atoms with van der Waals surface area (Å²) >= 11 is 0. The lowest BCUT2D eigenvalue weighted by Gasteiger charge is -2.07. The molecule has 1 heteroatoms. The van der Waals surface area contributed by atoms with Crippen molar-refractivity contribution in [3.63, 3.8) is 0 Å².